The molecule has 9 rings (SSSR count). The van der Waals surface area contributed by atoms with Crippen LogP contribution >= 0.6 is 0 Å². The Kier molecular flexibility index (Phi) is 10.2. The van der Waals surface area contributed by atoms with E-state index < -0.39 is 6.10 Å². The fourth-order valence-corrected chi connectivity index (χ4v) is 10.8. The first-order valence-corrected chi connectivity index (χ1v) is 21.0. The van der Waals surface area contributed by atoms with Gasteiger partial charge in [-0.3, -0.25) is 4.79 Å². The third-order valence-corrected chi connectivity index (χ3v) is 13.3. The molecule has 60 heavy (non-hydrogen) atoms. The number of methoxy groups -OCH3 is 2. The van der Waals surface area contributed by atoms with Crippen molar-refractivity contribution in [3.05, 3.63) is 117 Å². The van der Waals surface area contributed by atoms with Gasteiger partial charge in [0.15, 0.2) is 11.5 Å². The summed E-state index contributed by atoms with van der Waals surface area (Å²) in [5.74, 6) is 8.69. The van der Waals surface area contributed by atoms with Crippen molar-refractivity contribution in [3.63, 3.8) is 0 Å². The number of aryl methyl sites for hydroxylation is 1. The molecule has 1 aromatic heterocycles. The minimum Gasteiger partial charge on any atom is -0.508 e. The standard InChI is InChI=1S/C50H51N3O7/c1-5-52-40-11-7-6-9-29(40)13-14-34-31-19-20-50(25-31)26-32-21-33(55)23-44(58-4)46(32)37-16-15-36-39(27-59-28(2)54)48(60-49(36)47(37)50)38-24-43(57-3)42(56)22-30(38)10-8-12-41-35(34)17-18-45(51)53-41/h6-7,9,11,15-18,21-24,31,34,39,48,52,55-56H,5,10,13-14,19-20,25-27H2,1-4H3,(H2,51,53)/t31-,34-,39+,48-,50+/m1/s1. The van der Waals surface area contributed by atoms with Crippen LogP contribution in [0.25, 0.3) is 11.1 Å². The number of aromatic hydroxyl groups is 2. The zero-order valence-electron chi connectivity index (χ0n) is 34.6. The van der Waals surface area contributed by atoms with E-state index in [1.165, 1.54) is 19.6 Å². The summed E-state index contributed by atoms with van der Waals surface area (Å²) in [4.78, 5) is 17.3. The molecule has 5 N–H and O–H groups in total. The van der Waals surface area contributed by atoms with Crippen molar-refractivity contribution >= 4 is 17.5 Å². The molecular weight excluding hydrogens is 755 g/mol. The third-order valence-electron chi connectivity index (χ3n) is 13.3. The van der Waals surface area contributed by atoms with Gasteiger partial charge in [0.05, 0.1) is 20.1 Å². The minimum absolute atomic E-state index is 0.00992. The van der Waals surface area contributed by atoms with Crippen LogP contribution in [0.5, 0.6) is 28.7 Å². The first-order chi connectivity index (χ1) is 29.1. The fraction of sp³-hybridized carbons (Fsp3) is 0.360. The Bertz CT molecular complexity index is 2580. The number of esters is 1. The van der Waals surface area contributed by atoms with Gasteiger partial charge in [0.1, 0.15) is 41.5 Å². The van der Waals surface area contributed by atoms with Crippen LogP contribution in [0.4, 0.5) is 11.5 Å². The Labute approximate surface area is 351 Å². The highest BCUT2D eigenvalue weighted by molar-refractivity contribution is 5.84. The number of hydrogen-bond donors (Lipinski definition) is 4. The van der Waals surface area contributed by atoms with E-state index in [1.807, 2.05) is 18.2 Å². The first kappa shape index (κ1) is 39.1. The number of nitrogens with two attached hydrogens (primary N) is 1. The van der Waals surface area contributed by atoms with Crippen molar-refractivity contribution in [2.45, 2.75) is 82.1 Å². The van der Waals surface area contributed by atoms with E-state index in [2.05, 4.69) is 66.5 Å². The molecule has 2 aliphatic heterocycles. The van der Waals surface area contributed by atoms with E-state index in [0.29, 0.717) is 29.4 Å². The van der Waals surface area contributed by atoms with Crippen LogP contribution in [0, 0.1) is 17.8 Å². The number of nitrogens with one attached hydrogen (secondary N) is 1. The topological polar surface area (TPSA) is 145 Å². The van der Waals surface area contributed by atoms with E-state index in [-0.39, 0.29) is 53.7 Å². The van der Waals surface area contributed by atoms with Crippen LogP contribution in [0.2, 0.25) is 0 Å². The van der Waals surface area contributed by atoms with Gasteiger partial charge in [0.25, 0.3) is 0 Å². The zero-order valence-corrected chi connectivity index (χ0v) is 34.6. The number of aromatic nitrogens is 1. The van der Waals surface area contributed by atoms with E-state index in [9.17, 15) is 15.0 Å². The molecule has 0 amide bonds. The highest BCUT2D eigenvalue weighted by Crippen LogP contribution is 2.63. The number of para-hydroxylation sites is 1. The van der Waals surface area contributed by atoms with Crippen molar-refractivity contribution in [3.8, 4) is 51.7 Å². The minimum atomic E-state index is -0.592. The van der Waals surface area contributed by atoms with Gasteiger partial charge in [-0.2, -0.15) is 0 Å². The molecule has 1 fully saturated rings. The molecule has 308 valence electrons. The number of rotatable bonds is 9. The largest absolute Gasteiger partial charge is 0.508 e. The van der Waals surface area contributed by atoms with E-state index in [4.69, 9.17) is 29.7 Å². The molecule has 2 aliphatic carbocycles. The molecule has 10 nitrogen and oxygen atoms in total. The van der Waals surface area contributed by atoms with Gasteiger partial charge >= 0.3 is 5.97 Å². The molecule has 10 heteroatoms. The van der Waals surface area contributed by atoms with E-state index in [1.54, 1.807) is 19.2 Å². The summed E-state index contributed by atoms with van der Waals surface area (Å²) < 4.78 is 24.8. The Hall–Kier alpha value is -6.34. The van der Waals surface area contributed by atoms with Gasteiger partial charge in [-0.05, 0) is 121 Å². The van der Waals surface area contributed by atoms with Crippen LogP contribution in [0.15, 0.2) is 72.8 Å². The smallest absolute Gasteiger partial charge is 0.302 e. The number of carbonyl (C=O) groups excluding carboxylic acids is 1. The van der Waals surface area contributed by atoms with Crippen molar-refractivity contribution in [2.24, 2.45) is 5.92 Å². The summed E-state index contributed by atoms with van der Waals surface area (Å²) in [6.45, 7) is 4.46. The van der Waals surface area contributed by atoms with Crippen LogP contribution in [-0.2, 0) is 34.2 Å². The maximum Gasteiger partial charge on any atom is 0.302 e. The summed E-state index contributed by atoms with van der Waals surface area (Å²) in [5.41, 5.74) is 16.8. The van der Waals surface area contributed by atoms with Crippen LogP contribution in [0.3, 0.4) is 0 Å². The normalized spacial score (nSPS) is 21.7. The predicted molar refractivity (Wildman–Crippen MR) is 231 cm³/mol. The number of hydrogen-bond acceptors (Lipinski definition) is 10. The molecular formula is C50H51N3O7. The number of benzene rings is 4. The number of nitrogens with zero attached hydrogens (tertiary/aromatic N) is 1. The zero-order chi connectivity index (χ0) is 41.7. The Balaban J connectivity index is 1.28. The number of nitrogen functional groups attached to an aromatic ring is 1. The molecule has 0 radical (unpaired) electrons. The molecule has 4 bridgehead atoms. The number of ether oxygens (including phenoxy) is 4. The van der Waals surface area contributed by atoms with Gasteiger partial charge in [0.2, 0.25) is 0 Å². The Morgan fingerprint density at radius 2 is 1.80 bits per heavy atom. The summed E-state index contributed by atoms with van der Waals surface area (Å²) in [7, 11) is 3.16. The second-order valence-corrected chi connectivity index (χ2v) is 16.7. The molecule has 5 aromatic rings. The summed E-state index contributed by atoms with van der Waals surface area (Å²) in [5, 5.41) is 25.7. The summed E-state index contributed by atoms with van der Waals surface area (Å²) in [6, 6.07) is 23.9. The van der Waals surface area contributed by atoms with Gasteiger partial charge in [-0.25, -0.2) is 4.98 Å². The highest BCUT2D eigenvalue weighted by atomic mass is 16.5. The SMILES string of the molecule is CCNc1ccccc1CC[C@H]1c2ccc(N)nc2C#CCc2cc(O)c(OC)cc2[C@H]2Oc3c(ccc4c3[C@]3(CC[C@@H]1C3)Cc1cc(O)cc(OC)c1-4)[C@@H]2COC(C)=O. The van der Waals surface area contributed by atoms with Crippen LogP contribution < -0.4 is 25.3 Å². The molecule has 3 heterocycles. The lowest BCUT2D eigenvalue weighted by Gasteiger charge is -2.39. The monoisotopic (exact) mass is 805 g/mol. The Morgan fingerprint density at radius 3 is 2.60 bits per heavy atom. The van der Waals surface area contributed by atoms with Crippen LogP contribution in [0.1, 0.15) is 102 Å². The average Bonchev–Trinajstić information content (AvgIpc) is 3.82. The number of phenols is 2. The lowest BCUT2D eigenvalue weighted by Crippen LogP contribution is -2.31. The molecule has 0 saturated heterocycles. The Morgan fingerprint density at radius 1 is 0.983 bits per heavy atom. The second kappa shape index (κ2) is 15.7. The third kappa shape index (κ3) is 6.80. The van der Waals surface area contributed by atoms with Crippen molar-refractivity contribution in [1.29, 1.82) is 0 Å². The van der Waals surface area contributed by atoms with E-state index >= 15 is 0 Å². The summed E-state index contributed by atoms with van der Waals surface area (Å²) >= 11 is 0. The fourth-order valence-electron chi connectivity index (χ4n) is 10.8. The van der Waals surface area contributed by atoms with Crippen molar-refractivity contribution in [2.75, 3.05) is 38.4 Å². The second-order valence-electron chi connectivity index (χ2n) is 16.7. The quantitative estimate of drug-likeness (QED) is 0.0842. The number of fused-ring (bicyclic) bond motifs is 7. The van der Waals surface area contributed by atoms with Gasteiger partial charge < -0.3 is 40.2 Å². The number of anilines is 2. The maximum atomic E-state index is 12.4. The van der Waals surface area contributed by atoms with Crippen molar-refractivity contribution < 1.29 is 34.0 Å². The first-order valence-electron chi connectivity index (χ1n) is 21.0. The van der Waals surface area contributed by atoms with Gasteiger partial charge in [-0.1, -0.05) is 42.3 Å². The van der Waals surface area contributed by atoms with E-state index in [0.717, 1.165) is 94.6 Å². The molecule has 1 saturated carbocycles. The molecule has 1 spiro atoms. The number of pyridine rings is 1. The maximum absolute atomic E-state index is 12.4. The molecule has 0 unspecified atom stereocenters. The highest BCUT2D eigenvalue weighted by Gasteiger charge is 2.52. The van der Waals surface area contributed by atoms with Gasteiger partial charge in [0, 0.05) is 59.3 Å². The van der Waals surface area contributed by atoms with Crippen LogP contribution in [-0.4, -0.2) is 48.5 Å². The summed E-state index contributed by atoms with van der Waals surface area (Å²) in [6.07, 6.45) is 4.77. The average molecular weight is 806 g/mol. The lowest BCUT2D eigenvalue weighted by molar-refractivity contribution is -0.141. The predicted octanol–water partition coefficient (Wildman–Crippen LogP) is 8.89. The number of phenolic OH excluding ortho intramolecular Hbond substituents is 2. The molecule has 4 aromatic carbocycles. The van der Waals surface area contributed by atoms with Crippen molar-refractivity contribution in [1.82, 2.24) is 4.98 Å². The lowest BCUT2D eigenvalue weighted by atomic mass is 9.64. The molecule has 4 aliphatic rings. The molecule has 5 atom stereocenters. The number of carbonyl (C=O) groups is 1. The van der Waals surface area contributed by atoms with Gasteiger partial charge in [-0.15, -0.1) is 0 Å².